The van der Waals surface area contributed by atoms with Gasteiger partial charge < -0.3 is 4.90 Å². The van der Waals surface area contributed by atoms with Gasteiger partial charge in [0.15, 0.2) is 0 Å². The summed E-state index contributed by atoms with van der Waals surface area (Å²) in [6.45, 7) is 4.04. The van der Waals surface area contributed by atoms with Gasteiger partial charge in [-0.1, -0.05) is 17.7 Å². The molecule has 0 saturated carbocycles. The smallest absolute Gasteiger partial charge is 0.277 e. The summed E-state index contributed by atoms with van der Waals surface area (Å²) in [5.74, 6) is -0.126. The maximum atomic E-state index is 12.4. The Morgan fingerprint density at radius 1 is 1.26 bits per heavy atom. The minimum absolute atomic E-state index is 0.126. The van der Waals surface area contributed by atoms with Crippen LogP contribution >= 0.6 is 15.9 Å². The van der Waals surface area contributed by atoms with Gasteiger partial charge in [0.2, 0.25) is 0 Å². The maximum Gasteiger partial charge on any atom is 0.277 e. The lowest BCUT2D eigenvalue weighted by Crippen LogP contribution is -2.28. The number of carbonyl (C=O) groups excluding carboxylic acids is 1. The van der Waals surface area contributed by atoms with Crippen molar-refractivity contribution in [2.75, 3.05) is 11.9 Å². The highest BCUT2D eigenvalue weighted by Crippen LogP contribution is 2.23. The van der Waals surface area contributed by atoms with E-state index in [0.717, 1.165) is 11.3 Å². The summed E-state index contributed by atoms with van der Waals surface area (Å²) < 4.78 is 0.705. The summed E-state index contributed by atoms with van der Waals surface area (Å²) in [6.07, 6.45) is 1.62. The van der Waals surface area contributed by atoms with Crippen LogP contribution in [0.3, 0.4) is 0 Å². The third kappa shape index (κ3) is 2.84. The molecule has 4 heteroatoms. The molecule has 0 spiro atoms. The lowest BCUT2D eigenvalue weighted by Gasteiger charge is -2.20. The molecule has 0 aliphatic rings. The van der Waals surface area contributed by atoms with E-state index in [4.69, 9.17) is 0 Å². The number of anilines is 1. The Hall–Kier alpha value is -1.68. The minimum atomic E-state index is -0.126. The van der Waals surface area contributed by atoms with Gasteiger partial charge in [0.1, 0.15) is 5.69 Å². The average Bonchev–Trinajstić information content (AvgIpc) is 2.38. The molecule has 98 valence electrons. The van der Waals surface area contributed by atoms with Crippen molar-refractivity contribution in [2.24, 2.45) is 0 Å². The molecule has 0 N–H and O–H groups in total. The summed E-state index contributed by atoms with van der Waals surface area (Å²) in [6, 6.07) is 9.62. The molecular formula is C15H15BrN2O. The second-order valence-electron chi connectivity index (χ2n) is 4.49. The van der Waals surface area contributed by atoms with Gasteiger partial charge in [-0.3, -0.25) is 4.79 Å². The van der Waals surface area contributed by atoms with Gasteiger partial charge in [0.25, 0.3) is 5.91 Å². The molecule has 0 bridgehead atoms. The first-order chi connectivity index (χ1) is 9.00. The van der Waals surface area contributed by atoms with E-state index in [1.165, 1.54) is 5.56 Å². The van der Waals surface area contributed by atoms with Crippen molar-refractivity contribution in [2.45, 2.75) is 13.8 Å². The molecule has 0 unspecified atom stereocenters. The Kier molecular flexibility index (Phi) is 4.00. The van der Waals surface area contributed by atoms with Crippen molar-refractivity contribution in [1.29, 1.82) is 0 Å². The van der Waals surface area contributed by atoms with Gasteiger partial charge >= 0.3 is 0 Å². The van der Waals surface area contributed by atoms with Gasteiger partial charge in [-0.15, -0.1) is 0 Å². The first-order valence-corrected chi connectivity index (χ1v) is 6.76. The fraction of sp³-hybridized carbons (Fsp3) is 0.200. The quantitative estimate of drug-likeness (QED) is 0.845. The van der Waals surface area contributed by atoms with Gasteiger partial charge in [-0.2, -0.15) is 0 Å². The Bertz CT molecular complexity index is 625. The third-order valence-electron chi connectivity index (χ3n) is 2.98. The fourth-order valence-corrected chi connectivity index (χ4v) is 2.42. The van der Waals surface area contributed by atoms with Crippen LogP contribution in [0, 0.1) is 13.8 Å². The molecule has 19 heavy (non-hydrogen) atoms. The molecule has 1 heterocycles. The number of pyridine rings is 1. The van der Waals surface area contributed by atoms with Crippen LogP contribution in [0.5, 0.6) is 0 Å². The second kappa shape index (κ2) is 5.53. The van der Waals surface area contributed by atoms with Crippen molar-refractivity contribution in [1.82, 2.24) is 4.98 Å². The zero-order chi connectivity index (χ0) is 14.0. The van der Waals surface area contributed by atoms with Crippen LogP contribution in [-0.4, -0.2) is 17.9 Å². The Morgan fingerprint density at radius 3 is 2.63 bits per heavy atom. The van der Waals surface area contributed by atoms with Gasteiger partial charge in [0.05, 0.1) is 0 Å². The van der Waals surface area contributed by atoms with Gasteiger partial charge in [-0.25, -0.2) is 4.98 Å². The molecule has 0 fully saturated rings. The number of halogens is 1. The highest BCUT2D eigenvalue weighted by molar-refractivity contribution is 9.10. The lowest BCUT2D eigenvalue weighted by atomic mass is 10.1. The number of amides is 1. The molecule has 2 aromatic rings. The number of hydrogen-bond donors (Lipinski definition) is 0. The number of hydrogen-bond acceptors (Lipinski definition) is 2. The van der Waals surface area contributed by atoms with Crippen LogP contribution in [0.1, 0.15) is 21.6 Å². The molecule has 0 aliphatic carbocycles. The van der Waals surface area contributed by atoms with Crippen molar-refractivity contribution in [3.05, 3.63) is 57.8 Å². The number of rotatable bonds is 2. The lowest BCUT2D eigenvalue weighted by molar-refractivity contribution is 0.0987. The van der Waals surface area contributed by atoms with E-state index in [1.807, 2.05) is 32.0 Å². The van der Waals surface area contributed by atoms with Crippen LogP contribution < -0.4 is 4.90 Å². The monoisotopic (exact) mass is 318 g/mol. The molecule has 1 amide bonds. The molecule has 0 atom stereocenters. The number of aryl methyl sites for hydroxylation is 2. The molecule has 0 radical (unpaired) electrons. The molecule has 0 aliphatic heterocycles. The van der Waals surface area contributed by atoms with E-state index in [9.17, 15) is 4.79 Å². The molecule has 1 aromatic carbocycles. The van der Waals surface area contributed by atoms with E-state index in [2.05, 4.69) is 27.0 Å². The van der Waals surface area contributed by atoms with Crippen molar-refractivity contribution < 1.29 is 4.79 Å². The Balaban J connectivity index is 2.37. The molecule has 0 saturated heterocycles. The first kappa shape index (κ1) is 13.7. The van der Waals surface area contributed by atoms with Crippen LogP contribution in [0.2, 0.25) is 0 Å². The highest BCUT2D eigenvalue weighted by Gasteiger charge is 2.18. The molecule has 3 nitrogen and oxygen atoms in total. The third-order valence-corrected chi connectivity index (χ3v) is 3.62. The normalized spacial score (nSPS) is 10.3. The Labute approximate surface area is 121 Å². The number of nitrogens with zero attached hydrogens (tertiary/aromatic N) is 2. The SMILES string of the molecule is Cc1ccc(N(C)C(=O)c2ncccc2Br)c(C)c1. The summed E-state index contributed by atoms with van der Waals surface area (Å²) in [5.41, 5.74) is 3.57. The number of benzene rings is 1. The maximum absolute atomic E-state index is 12.4. The summed E-state index contributed by atoms with van der Waals surface area (Å²) in [5, 5.41) is 0. The van der Waals surface area contributed by atoms with Crippen molar-refractivity contribution in [3.63, 3.8) is 0 Å². The van der Waals surface area contributed by atoms with Crippen LogP contribution in [0.15, 0.2) is 41.0 Å². The van der Waals surface area contributed by atoms with Gasteiger partial charge in [0, 0.05) is 23.4 Å². The van der Waals surface area contributed by atoms with Crippen LogP contribution in [0.4, 0.5) is 5.69 Å². The summed E-state index contributed by atoms with van der Waals surface area (Å²) in [7, 11) is 1.76. The summed E-state index contributed by atoms with van der Waals surface area (Å²) >= 11 is 3.36. The number of carbonyl (C=O) groups is 1. The van der Waals surface area contributed by atoms with Crippen molar-refractivity contribution in [3.8, 4) is 0 Å². The Morgan fingerprint density at radius 2 is 2.00 bits per heavy atom. The summed E-state index contributed by atoms with van der Waals surface area (Å²) in [4.78, 5) is 18.2. The predicted molar refractivity (Wildman–Crippen MR) is 80.6 cm³/mol. The number of aromatic nitrogens is 1. The molecule has 2 rings (SSSR count). The van der Waals surface area contributed by atoms with Crippen LogP contribution in [0.25, 0.3) is 0 Å². The highest BCUT2D eigenvalue weighted by atomic mass is 79.9. The minimum Gasteiger partial charge on any atom is -0.310 e. The van der Waals surface area contributed by atoms with E-state index < -0.39 is 0 Å². The topological polar surface area (TPSA) is 33.2 Å². The second-order valence-corrected chi connectivity index (χ2v) is 5.34. The fourth-order valence-electron chi connectivity index (χ4n) is 1.99. The van der Waals surface area contributed by atoms with E-state index >= 15 is 0 Å². The molecular weight excluding hydrogens is 304 g/mol. The average molecular weight is 319 g/mol. The van der Waals surface area contributed by atoms with E-state index in [-0.39, 0.29) is 5.91 Å². The zero-order valence-electron chi connectivity index (χ0n) is 11.1. The van der Waals surface area contributed by atoms with Gasteiger partial charge in [-0.05, 0) is 53.5 Å². The van der Waals surface area contributed by atoms with Crippen LogP contribution in [-0.2, 0) is 0 Å². The largest absolute Gasteiger partial charge is 0.310 e. The molecule has 1 aromatic heterocycles. The first-order valence-electron chi connectivity index (χ1n) is 5.96. The standard InChI is InChI=1S/C15H15BrN2O/c1-10-6-7-13(11(2)9-10)18(3)15(19)14-12(16)5-4-8-17-14/h4-9H,1-3H3. The zero-order valence-corrected chi connectivity index (χ0v) is 12.7. The van der Waals surface area contributed by atoms with Crippen molar-refractivity contribution >= 4 is 27.5 Å². The predicted octanol–water partition coefficient (Wildman–Crippen LogP) is 3.74. The van der Waals surface area contributed by atoms with E-state index in [1.54, 1.807) is 24.2 Å². The van der Waals surface area contributed by atoms with E-state index in [0.29, 0.717) is 10.2 Å².